The molecule has 12 heteroatoms. The van der Waals surface area contributed by atoms with Gasteiger partial charge < -0.3 is 24.5 Å². The van der Waals surface area contributed by atoms with Crippen LogP contribution in [-0.4, -0.2) is 85.3 Å². The number of aromatic nitrogens is 1. The van der Waals surface area contributed by atoms with Crippen LogP contribution in [-0.2, 0) is 10.4 Å². The van der Waals surface area contributed by atoms with Crippen LogP contribution in [0, 0.1) is 11.8 Å². The lowest BCUT2D eigenvalue weighted by Crippen LogP contribution is -2.61. The van der Waals surface area contributed by atoms with Crippen molar-refractivity contribution >= 4 is 29.2 Å². The summed E-state index contributed by atoms with van der Waals surface area (Å²) in [6.07, 6.45) is -2.69. The van der Waals surface area contributed by atoms with Gasteiger partial charge >= 0.3 is 6.18 Å². The molecule has 1 atom stereocenters. The first-order valence-electron chi connectivity index (χ1n) is 12.7. The van der Waals surface area contributed by atoms with E-state index in [1.165, 1.54) is 24.1 Å². The number of ether oxygens (including phenoxy) is 1. The fourth-order valence-electron chi connectivity index (χ4n) is 5.24. The highest BCUT2D eigenvalue weighted by atomic mass is 35.5. The Kier molecular flexibility index (Phi) is 8.32. The highest BCUT2D eigenvalue weighted by molar-refractivity contribution is 6.32. The maximum absolute atomic E-state index is 14.0. The van der Waals surface area contributed by atoms with Gasteiger partial charge in [0.25, 0.3) is 17.4 Å². The van der Waals surface area contributed by atoms with Gasteiger partial charge in [-0.05, 0) is 55.4 Å². The summed E-state index contributed by atoms with van der Waals surface area (Å²) in [5.41, 5.74) is -3.87. The Labute approximate surface area is 230 Å². The number of hydrogen-bond acceptors (Lipinski definition) is 6. The van der Waals surface area contributed by atoms with Crippen molar-refractivity contribution in [3.8, 4) is 5.75 Å². The Morgan fingerprint density at radius 3 is 2.36 bits per heavy atom. The van der Waals surface area contributed by atoms with Crippen molar-refractivity contribution < 1.29 is 32.6 Å². The molecule has 212 valence electrons. The summed E-state index contributed by atoms with van der Waals surface area (Å²) in [6, 6.07) is 8.32. The smallest absolute Gasteiger partial charge is 0.430 e. The first kappa shape index (κ1) is 28.9. The normalized spacial score (nSPS) is 18.4. The molecule has 0 aliphatic carbocycles. The first-order chi connectivity index (χ1) is 18.3. The molecule has 2 amide bonds. The maximum Gasteiger partial charge on any atom is 0.430 e. The quantitative estimate of drug-likeness (QED) is 0.509. The third kappa shape index (κ3) is 5.79. The number of benzene rings is 1. The number of methoxy groups -OCH3 is 1. The Balaban J connectivity index is 1.32. The summed E-state index contributed by atoms with van der Waals surface area (Å²) in [5.74, 6) is -0.355. The van der Waals surface area contributed by atoms with E-state index in [4.69, 9.17) is 16.3 Å². The predicted octanol–water partition coefficient (Wildman–Crippen LogP) is 3.96. The molecule has 0 unspecified atom stereocenters. The largest absolute Gasteiger partial charge is 0.497 e. The molecule has 3 heterocycles. The third-order valence-electron chi connectivity index (χ3n) is 7.53. The highest BCUT2D eigenvalue weighted by Crippen LogP contribution is 2.43. The average molecular weight is 569 g/mol. The molecule has 8 nitrogen and oxygen atoms in total. The molecule has 0 spiro atoms. The van der Waals surface area contributed by atoms with Crippen molar-refractivity contribution in [2.45, 2.75) is 31.0 Å². The molecule has 2 aromatic rings. The van der Waals surface area contributed by atoms with Crippen molar-refractivity contribution in [3.05, 3.63) is 52.7 Å². The van der Waals surface area contributed by atoms with Gasteiger partial charge in [-0.15, -0.1) is 0 Å². The molecule has 2 fully saturated rings. The topological polar surface area (TPSA) is 86.2 Å². The van der Waals surface area contributed by atoms with Gasteiger partial charge in [-0.2, -0.15) is 13.2 Å². The van der Waals surface area contributed by atoms with Crippen LogP contribution in [0.5, 0.6) is 5.75 Å². The Hall–Kier alpha value is -3.05. The van der Waals surface area contributed by atoms with Crippen molar-refractivity contribution in [2.75, 3.05) is 52.3 Å². The zero-order chi connectivity index (χ0) is 28.5. The zero-order valence-corrected chi connectivity index (χ0v) is 22.8. The van der Waals surface area contributed by atoms with Gasteiger partial charge in [-0.1, -0.05) is 23.7 Å². The fraction of sp³-hybridized carbons (Fsp3) is 0.519. The van der Waals surface area contributed by atoms with E-state index in [1.54, 1.807) is 26.2 Å². The third-order valence-corrected chi connectivity index (χ3v) is 7.82. The van der Waals surface area contributed by atoms with Crippen molar-refractivity contribution in [1.29, 1.82) is 0 Å². The summed E-state index contributed by atoms with van der Waals surface area (Å²) < 4.78 is 46.9. The van der Waals surface area contributed by atoms with Crippen molar-refractivity contribution in [3.63, 3.8) is 0 Å². The molecule has 39 heavy (non-hydrogen) atoms. The molecule has 1 aromatic heterocycles. The lowest BCUT2D eigenvalue weighted by atomic mass is 9.82. The molecule has 4 rings (SSSR count). The minimum atomic E-state index is -5.19. The van der Waals surface area contributed by atoms with E-state index < -0.39 is 23.2 Å². The molecular formula is C27H32ClF3N4O4. The number of carbonyl (C=O) groups is 2. The van der Waals surface area contributed by atoms with E-state index in [1.807, 2.05) is 0 Å². The van der Waals surface area contributed by atoms with Crippen LogP contribution >= 0.6 is 11.6 Å². The van der Waals surface area contributed by atoms with Crippen LogP contribution in [0.25, 0.3) is 0 Å². The number of carbonyl (C=O) groups excluding carboxylic acids is 2. The van der Waals surface area contributed by atoms with Crippen molar-refractivity contribution in [2.24, 2.45) is 11.8 Å². The molecule has 2 saturated heterocycles. The minimum Gasteiger partial charge on any atom is -0.497 e. The van der Waals surface area contributed by atoms with Gasteiger partial charge in [0.1, 0.15) is 16.7 Å². The van der Waals surface area contributed by atoms with Gasteiger partial charge in [-0.25, -0.2) is 4.98 Å². The van der Waals surface area contributed by atoms with E-state index in [0.717, 1.165) is 49.4 Å². The summed E-state index contributed by atoms with van der Waals surface area (Å²) in [5, 5.41) is 10.8. The van der Waals surface area contributed by atoms with Crippen molar-refractivity contribution in [1.82, 2.24) is 14.8 Å². The Morgan fingerprint density at radius 1 is 1.13 bits per heavy atom. The number of pyridine rings is 1. The number of aliphatic hydroxyl groups is 1. The SMILES string of the molecule is COc1cccc([C@@](O)(C(=O)N2CC(CC3CCN(c4ccc(C(=O)N(C)C)c(Cl)n4)CC3)C2)C(F)(F)F)c1. The predicted molar refractivity (Wildman–Crippen MR) is 140 cm³/mol. The zero-order valence-electron chi connectivity index (χ0n) is 22.0. The Morgan fingerprint density at radius 2 is 1.79 bits per heavy atom. The number of piperidine rings is 1. The van der Waals surface area contributed by atoms with Crippen LogP contribution in [0.2, 0.25) is 5.15 Å². The van der Waals surface area contributed by atoms with Crippen LogP contribution in [0.15, 0.2) is 36.4 Å². The number of likely N-dealkylation sites (tertiary alicyclic amines) is 1. The van der Waals surface area contributed by atoms with Gasteiger partial charge in [0, 0.05) is 45.8 Å². The number of hydrogen-bond donors (Lipinski definition) is 1. The van der Waals surface area contributed by atoms with Gasteiger partial charge in [0.15, 0.2) is 0 Å². The lowest BCUT2D eigenvalue weighted by Gasteiger charge is -2.45. The van der Waals surface area contributed by atoms with Gasteiger partial charge in [0.2, 0.25) is 0 Å². The highest BCUT2D eigenvalue weighted by Gasteiger charge is 2.63. The van der Waals surface area contributed by atoms with Crippen LogP contribution in [0.3, 0.4) is 0 Å². The summed E-state index contributed by atoms with van der Waals surface area (Å²) >= 11 is 6.25. The number of nitrogens with zero attached hydrogens (tertiary/aromatic N) is 4. The van der Waals surface area contributed by atoms with Crippen LogP contribution in [0.1, 0.15) is 35.2 Å². The van der Waals surface area contributed by atoms with Gasteiger partial charge in [-0.3, -0.25) is 9.59 Å². The summed E-state index contributed by atoms with van der Waals surface area (Å²) in [7, 11) is 4.59. The second-order valence-electron chi connectivity index (χ2n) is 10.4. The first-order valence-corrected chi connectivity index (χ1v) is 13.1. The average Bonchev–Trinajstić information content (AvgIpc) is 2.88. The molecule has 1 aromatic carbocycles. The summed E-state index contributed by atoms with van der Waals surface area (Å²) in [4.78, 5) is 34.1. The monoisotopic (exact) mass is 568 g/mol. The summed E-state index contributed by atoms with van der Waals surface area (Å²) in [6.45, 7) is 1.79. The number of halogens is 4. The molecule has 0 radical (unpaired) electrons. The van der Waals surface area contributed by atoms with Crippen LogP contribution in [0.4, 0.5) is 19.0 Å². The molecule has 0 saturated carbocycles. The lowest BCUT2D eigenvalue weighted by molar-refractivity contribution is -0.264. The molecule has 2 aliphatic heterocycles. The second kappa shape index (κ2) is 11.2. The maximum atomic E-state index is 14.0. The number of amides is 2. The number of alkyl halides is 3. The van der Waals surface area contributed by atoms with Gasteiger partial charge in [0.05, 0.1) is 12.7 Å². The van der Waals surface area contributed by atoms with E-state index in [-0.39, 0.29) is 35.8 Å². The number of anilines is 1. The molecule has 1 N–H and O–H groups in total. The fourth-order valence-corrected chi connectivity index (χ4v) is 5.47. The number of rotatable bonds is 7. The molecule has 0 bridgehead atoms. The van der Waals surface area contributed by atoms with E-state index >= 15 is 0 Å². The van der Waals surface area contributed by atoms with E-state index in [9.17, 15) is 27.9 Å². The Bertz CT molecular complexity index is 1210. The minimum absolute atomic E-state index is 0.0668. The van der Waals surface area contributed by atoms with E-state index in [2.05, 4.69) is 9.88 Å². The molecular weight excluding hydrogens is 537 g/mol. The second-order valence-corrected chi connectivity index (χ2v) is 10.7. The van der Waals surface area contributed by atoms with Crippen LogP contribution < -0.4 is 9.64 Å². The van der Waals surface area contributed by atoms with E-state index in [0.29, 0.717) is 17.3 Å². The standard InChI is InChI=1S/C27H32ClF3N4O4/c1-33(2)24(36)21-7-8-22(32-23(21)28)34-11-9-17(10-12-34)13-18-15-35(16-18)25(37)26(38,27(29,30)31)19-5-4-6-20(14-19)39-3/h4-8,14,17-18,38H,9-13,15-16H2,1-3H3/t26-/m1/s1. The molecule has 2 aliphatic rings.